The number of aliphatic hydroxyl groups excluding tert-OH is 1. The number of amides is 3. The van der Waals surface area contributed by atoms with Crippen LogP contribution in [0.1, 0.15) is 58.0 Å². The smallest absolute Gasteiger partial charge is 0.435 e. The Balaban J connectivity index is 0.978. The van der Waals surface area contributed by atoms with Crippen molar-refractivity contribution >= 4 is 52.0 Å². The van der Waals surface area contributed by atoms with Gasteiger partial charge in [-0.05, 0) is 55.8 Å². The number of hydrogen-bond acceptors (Lipinski definition) is 9. The third-order valence-corrected chi connectivity index (χ3v) is 12.0. The van der Waals surface area contributed by atoms with Crippen LogP contribution in [0, 0.1) is 5.92 Å². The molecule has 2 fully saturated rings. The van der Waals surface area contributed by atoms with Crippen molar-refractivity contribution in [2.45, 2.75) is 38.3 Å². The van der Waals surface area contributed by atoms with Crippen LogP contribution in [-0.2, 0) is 29.2 Å². The first-order valence-corrected chi connectivity index (χ1v) is 20.7. The minimum absolute atomic E-state index is 0.00548. The van der Waals surface area contributed by atoms with Crippen molar-refractivity contribution < 1.29 is 47.0 Å². The Bertz CT molecular complexity index is 2470. The van der Waals surface area contributed by atoms with Gasteiger partial charge in [0.25, 0.3) is 11.8 Å². The average Bonchev–Trinajstić information content (AvgIpc) is 3.98. The lowest BCUT2D eigenvalue weighted by Crippen LogP contribution is -2.58. The third kappa shape index (κ3) is 9.47. The predicted octanol–water partition coefficient (Wildman–Crippen LogP) is 3.94. The van der Waals surface area contributed by atoms with Gasteiger partial charge in [0.2, 0.25) is 5.91 Å². The highest BCUT2D eigenvalue weighted by molar-refractivity contribution is 6.34. The van der Waals surface area contributed by atoms with Gasteiger partial charge in [-0.25, -0.2) is 19.4 Å². The zero-order valence-electron chi connectivity index (χ0n) is 34.0. The Morgan fingerprint density at radius 1 is 1.03 bits per heavy atom. The van der Waals surface area contributed by atoms with Crippen molar-refractivity contribution in [3.05, 3.63) is 76.6 Å². The number of rotatable bonds is 14. The average molecular weight is 883 g/mol. The summed E-state index contributed by atoms with van der Waals surface area (Å²) in [6.45, 7) is 3.57. The minimum atomic E-state index is -4.86. The Hall–Kier alpha value is -5.83. The molecule has 0 bridgehead atoms. The van der Waals surface area contributed by atoms with E-state index in [1.165, 1.54) is 42.1 Å². The molecule has 0 saturated carbocycles. The molecule has 3 amide bonds. The SMILES string of the molecule is Cn1c(-c2cn(-c3ccc4[nH]c(CCCO)cc4n3)nc2C(F)(F)F)cnc1C(=O)Nc1ccc(C(=O)N2CCN(C(=O)C3CC[N+](CCCN)(CC(=O)O)CC3)CC2)c(Cl)c1. The number of imidazole rings is 1. The normalized spacial score (nSPS) is 18.3. The first-order valence-electron chi connectivity index (χ1n) is 20.3. The number of carboxylic acids is 1. The Morgan fingerprint density at radius 3 is 2.42 bits per heavy atom. The van der Waals surface area contributed by atoms with Gasteiger partial charge in [0.1, 0.15) is 0 Å². The van der Waals surface area contributed by atoms with E-state index in [0.29, 0.717) is 86.9 Å². The second-order valence-corrected chi connectivity index (χ2v) is 16.2. The first kappa shape index (κ1) is 44.2. The summed E-state index contributed by atoms with van der Waals surface area (Å²) in [7, 11) is 1.40. The van der Waals surface area contributed by atoms with Crippen LogP contribution in [0.25, 0.3) is 28.1 Å². The van der Waals surface area contributed by atoms with Crippen LogP contribution in [0.15, 0.2) is 48.8 Å². The molecule has 4 aromatic heterocycles. The fourth-order valence-electron chi connectivity index (χ4n) is 8.39. The molecule has 17 nitrogen and oxygen atoms in total. The van der Waals surface area contributed by atoms with Gasteiger partial charge in [-0.2, -0.15) is 18.3 Å². The number of carbonyl (C=O) groups excluding carboxylic acids is 3. The van der Waals surface area contributed by atoms with Crippen LogP contribution < -0.4 is 11.1 Å². The highest BCUT2D eigenvalue weighted by Crippen LogP contribution is 2.37. The number of anilines is 1. The molecule has 5 aromatic rings. The second kappa shape index (κ2) is 18.3. The molecule has 1 aromatic carbocycles. The monoisotopic (exact) mass is 882 g/mol. The van der Waals surface area contributed by atoms with Crippen LogP contribution in [0.4, 0.5) is 18.9 Å². The lowest BCUT2D eigenvalue weighted by atomic mass is 9.92. The Labute approximate surface area is 358 Å². The number of nitrogens with two attached hydrogens (primary N) is 1. The van der Waals surface area contributed by atoms with Gasteiger partial charge in [0.15, 0.2) is 23.9 Å². The fourth-order valence-corrected chi connectivity index (χ4v) is 8.65. The zero-order valence-corrected chi connectivity index (χ0v) is 34.8. The molecule has 0 atom stereocenters. The molecule has 2 aliphatic rings. The second-order valence-electron chi connectivity index (χ2n) is 15.8. The van der Waals surface area contributed by atoms with Gasteiger partial charge < -0.3 is 45.1 Å². The maximum Gasteiger partial charge on any atom is 0.435 e. The van der Waals surface area contributed by atoms with Gasteiger partial charge in [-0.15, -0.1) is 0 Å². The molecule has 6 heterocycles. The first-order chi connectivity index (χ1) is 29.6. The van der Waals surface area contributed by atoms with Crippen LogP contribution >= 0.6 is 11.6 Å². The summed E-state index contributed by atoms with van der Waals surface area (Å²) in [6.07, 6.45) is 0.459. The van der Waals surface area contributed by atoms with Crippen molar-refractivity contribution in [2.75, 3.05) is 70.8 Å². The van der Waals surface area contributed by atoms with Gasteiger partial charge in [0, 0.05) is 82.6 Å². The number of aromatic amines is 1. The van der Waals surface area contributed by atoms with E-state index in [9.17, 15) is 37.5 Å². The van der Waals surface area contributed by atoms with E-state index in [4.69, 9.17) is 22.4 Å². The number of halogens is 4. The summed E-state index contributed by atoms with van der Waals surface area (Å²) in [6, 6.07) is 9.32. The minimum Gasteiger partial charge on any atom is -0.477 e. The number of likely N-dealkylation sites (tertiary alicyclic amines) is 1. The number of alkyl halides is 3. The number of nitrogens with one attached hydrogen (secondary N) is 2. The number of aryl methyl sites for hydroxylation is 1. The number of carbonyl (C=O) groups is 4. The van der Waals surface area contributed by atoms with Crippen LogP contribution in [0.5, 0.6) is 0 Å². The number of aromatic nitrogens is 6. The van der Waals surface area contributed by atoms with Gasteiger partial charge in [-0.1, -0.05) is 11.6 Å². The van der Waals surface area contributed by atoms with Gasteiger partial charge >= 0.3 is 12.1 Å². The molecule has 7 rings (SSSR count). The van der Waals surface area contributed by atoms with Gasteiger partial charge in [-0.3, -0.25) is 14.4 Å². The summed E-state index contributed by atoms with van der Waals surface area (Å²) < 4.78 is 45.8. The molecule has 0 radical (unpaired) electrons. The van der Waals surface area contributed by atoms with Crippen molar-refractivity contribution in [1.29, 1.82) is 0 Å². The third-order valence-electron chi connectivity index (χ3n) is 11.7. The summed E-state index contributed by atoms with van der Waals surface area (Å²) in [4.78, 5) is 67.1. The van der Waals surface area contributed by atoms with Crippen LogP contribution in [0.2, 0.25) is 5.02 Å². The molecule has 330 valence electrons. The highest BCUT2D eigenvalue weighted by Gasteiger charge is 2.41. The van der Waals surface area contributed by atoms with Crippen LogP contribution in [0.3, 0.4) is 0 Å². The van der Waals surface area contributed by atoms with E-state index < -0.39 is 23.7 Å². The fraction of sp³-hybridized carbons (Fsp3) is 0.439. The molecule has 0 spiro atoms. The quantitative estimate of drug-likeness (QED) is 0.101. The summed E-state index contributed by atoms with van der Waals surface area (Å²) in [5, 5.41) is 25.2. The number of piperidine rings is 1. The Morgan fingerprint density at radius 2 is 1.76 bits per heavy atom. The lowest BCUT2D eigenvalue weighted by molar-refractivity contribution is -0.926. The molecule has 2 saturated heterocycles. The maximum atomic E-state index is 14.4. The maximum absolute atomic E-state index is 14.4. The van der Waals surface area contributed by atoms with E-state index in [-0.39, 0.29) is 83.1 Å². The lowest BCUT2D eigenvalue weighted by Gasteiger charge is -2.44. The van der Waals surface area contributed by atoms with Crippen molar-refractivity contribution in [3.63, 3.8) is 0 Å². The number of hydrogen-bond donors (Lipinski definition) is 5. The summed E-state index contributed by atoms with van der Waals surface area (Å²) in [5.74, 6) is -2.24. The number of carboxylic acid groups (broad SMARTS) is 1. The predicted molar refractivity (Wildman–Crippen MR) is 221 cm³/mol. The molecule has 6 N–H and O–H groups in total. The van der Waals surface area contributed by atoms with Crippen molar-refractivity contribution in [1.82, 2.24) is 39.1 Å². The number of quaternary nitrogens is 1. The number of piperazine rings is 1. The summed E-state index contributed by atoms with van der Waals surface area (Å²) in [5.41, 5.74) is 6.55. The molecule has 0 aliphatic carbocycles. The van der Waals surface area contributed by atoms with E-state index in [0.717, 1.165) is 16.6 Å². The number of pyridine rings is 1. The molecule has 0 unspecified atom stereocenters. The van der Waals surface area contributed by atoms with Crippen LogP contribution in [-0.4, -0.2) is 143 Å². The standard InChI is InChI=1S/C41H47ClF3N11O6/c1-52-33(29-23-55(51-36(29)41(43,44)45)34-8-7-31-32(50-34)21-26(48-31)4-2-19-57)22-47-37(52)38(60)49-27-5-6-28(30(42)20-27)40(62)54-14-12-53(13-15-54)39(61)25-9-17-56(18-10-25,16-3-11-46)24-35(58)59/h5-8,20-23,25,57H,2-4,9-19,24,46H2,1H3,(H2-,48,49,50,58,59,60,62)/p+1. The van der Waals surface area contributed by atoms with Crippen molar-refractivity contribution in [3.8, 4) is 17.1 Å². The van der Waals surface area contributed by atoms with Gasteiger partial charge in [0.05, 0.1) is 58.7 Å². The molecule has 21 heteroatoms. The Kier molecular flexibility index (Phi) is 13.0. The molecule has 62 heavy (non-hydrogen) atoms. The molecule has 2 aliphatic heterocycles. The number of H-pyrrole nitrogens is 1. The van der Waals surface area contributed by atoms with E-state index in [1.807, 2.05) is 0 Å². The number of nitrogens with zero attached hydrogens (tertiary/aromatic N) is 8. The van der Waals surface area contributed by atoms with E-state index in [2.05, 4.69) is 25.4 Å². The number of fused-ring (bicyclic) bond motifs is 1. The van der Waals surface area contributed by atoms with E-state index in [1.54, 1.807) is 21.9 Å². The summed E-state index contributed by atoms with van der Waals surface area (Å²) >= 11 is 6.56. The number of benzene rings is 1. The highest BCUT2D eigenvalue weighted by atomic mass is 35.5. The molecular weight excluding hydrogens is 835 g/mol. The number of aliphatic carboxylic acids is 1. The largest absolute Gasteiger partial charge is 0.477 e. The zero-order chi connectivity index (χ0) is 44.3. The number of aliphatic hydroxyl groups is 1. The molecular formula is C41H48ClF3N11O6+. The topological polar surface area (TPSA) is 218 Å². The van der Waals surface area contributed by atoms with Crippen molar-refractivity contribution in [2.24, 2.45) is 18.7 Å². The van der Waals surface area contributed by atoms with E-state index >= 15 is 0 Å².